The van der Waals surface area contributed by atoms with Gasteiger partial charge >= 0.3 is 0 Å². The first kappa shape index (κ1) is 21.7. The molecule has 162 valence electrons. The van der Waals surface area contributed by atoms with Crippen LogP contribution in [-0.2, 0) is 0 Å². The minimum Gasteiger partial charge on any atom is -0.493 e. The van der Waals surface area contributed by atoms with Crippen LogP contribution < -0.4 is 9.47 Å². The van der Waals surface area contributed by atoms with Crippen molar-refractivity contribution in [3.63, 3.8) is 0 Å². The molecule has 0 aromatic heterocycles. The SMILES string of the molecule is C=C(C)c1ccc(OCCCC(=C)c2cccc3c(OCC)cccc23)c2ccccc12. The number of allylic oxidation sites excluding steroid dienone is 2. The number of fused-ring (bicyclic) bond motifs is 2. The van der Waals surface area contributed by atoms with Crippen LogP contribution in [0.3, 0.4) is 0 Å². The molecule has 0 atom stereocenters. The predicted molar refractivity (Wildman–Crippen MR) is 138 cm³/mol. The van der Waals surface area contributed by atoms with Gasteiger partial charge in [0, 0.05) is 10.8 Å². The van der Waals surface area contributed by atoms with Crippen molar-refractivity contribution in [2.45, 2.75) is 26.7 Å². The third-order valence-corrected chi connectivity index (χ3v) is 5.79. The normalized spacial score (nSPS) is 10.9. The molecule has 0 unspecified atom stereocenters. The molecule has 0 fully saturated rings. The molecule has 0 bridgehead atoms. The molecular formula is C30H30O2. The summed E-state index contributed by atoms with van der Waals surface area (Å²) in [5.74, 6) is 1.84. The standard InChI is InChI=1S/C30H30O2/c1-5-31-29-17-9-15-26-24(14-8-16-28(26)29)22(4)11-10-20-32-30-19-18-23(21(2)3)25-12-6-7-13-27(25)30/h6-9,12-19H,2,4-5,10-11,20H2,1,3H3. The highest BCUT2D eigenvalue weighted by molar-refractivity contribution is 5.97. The molecule has 32 heavy (non-hydrogen) atoms. The van der Waals surface area contributed by atoms with E-state index in [1.165, 1.54) is 21.9 Å². The maximum atomic E-state index is 6.19. The van der Waals surface area contributed by atoms with Gasteiger partial charge < -0.3 is 9.47 Å². The lowest BCUT2D eigenvalue weighted by atomic mass is 9.96. The molecule has 0 saturated heterocycles. The van der Waals surface area contributed by atoms with Gasteiger partial charge in [-0.25, -0.2) is 0 Å². The van der Waals surface area contributed by atoms with E-state index in [0.717, 1.165) is 46.3 Å². The lowest BCUT2D eigenvalue weighted by molar-refractivity contribution is 0.316. The summed E-state index contributed by atoms with van der Waals surface area (Å²) < 4.78 is 12.0. The van der Waals surface area contributed by atoms with Gasteiger partial charge in [-0.2, -0.15) is 0 Å². The molecule has 0 heterocycles. The third kappa shape index (κ3) is 4.40. The zero-order valence-electron chi connectivity index (χ0n) is 19.0. The van der Waals surface area contributed by atoms with Gasteiger partial charge in [0.25, 0.3) is 0 Å². The van der Waals surface area contributed by atoms with Gasteiger partial charge in [0.15, 0.2) is 0 Å². The second-order valence-electron chi connectivity index (χ2n) is 8.08. The van der Waals surface area contributed by atoms with Gasteiger partial charge in [-0.05, 0) is 66.3 Å². The van der Waals surface area contributed by atoms with Crippen molar-refractivity contribution in [1.82, 2.24) is 0 Å². The van der Waals surface area contributed by atoms with Gasteiger partial charge in [0.1, 0.15) is 11.5 Å². The monoisotopic (exact) mass is 422 g/mol. The van der Waals surface area contributed by atoms with E-state index in [0.29, 0.717) is 13.2 Å². The average molecular weight is 423 g/mol. The van der Waals surface area contributed by atoms with Crippen LogP contribution in [0.15, 0.2) is 86.0 Å². The van der Waals surface area contributed by atoms with Crippen LogP contribution >= 0.6 is 0 Å². The molecular weight excluding hydrogens is 392 g/mol. The molecule has 4 aromatic rings. The van der Waals surface area contributed by atoms with Crippen LogP contribution in [0.5, 0.6) is 11.5 Å². The Bertz CT molecular complexity index is 1280. The average Bonchev–Trinajstić information content (AvgIpc) is 2.81. The molecule has 4 rings (SSSR count). The molecule has 0 aliphatic carbocycles. The molecule has 2 heteroatoms. The summed E-state index contributed by atoms with van der Waals surface area (Å²) in [7, 11) is 0. The van der Waals surface area contributed by atoms with Crippen LogP contribution in [0.4, 0.5) is 0 Å². The second-order valence-corrected chi connectivity index (χ2v) is 8.08. The first-order chi connectivity index (χ1) is 15.6. The molecule has 0 spiro atoms. The largest absolute Gasteiger partial charge is 0.493 e. The summed E-state index contributed by atoms with van der Waals surface area (Å²) in [6.07, 6.45) is 1.77. The molecule has 0 aliphatic rings. The van der Waals surface area contributed by atoms with Crippen LogP contribution in [0.2, 0.25) is 0 Å². The Kier molecular flexibility index (Phi) is 6.61. The van der Waals surface area contributed by atoms with Crippen molar-refractivity contribution < 1.29 is 9.47 Å². The van der Waals surface area contributed by atoms with E-state index in [-0.39, 0.29) is 0 Å². The van der Waals surface area contributed by atoms with E-state index in [4.69, 9.17) is 9.47 Å². The fraction of sp³-hybridized carbons (Fsp3) is 0.200. The van der Waals surface area contributed by atoms with E-state index in [2.05, 4.69) is 73.8 Å². The zero-order chi connectivity index (χ0) is 22.5. The van der Waals surface area contributed by atoms with Gasteiger partial charge in [-0.15, -0.1) is 0 Å². The number of rotatable bonds is 9. The van der Waals surface area contributed by atoms with E-state index in [1.54, 1.807) is 0 Å². The zero-order valence-corrected chi connectivity index (χ0v) is 19.0. The van der Waals surface area contributed by atoms with Crippen molar-refractivity contribution >= 4 is 32.7 Å². The molecule has 2 nitrogen and oxygen atoms in total. The maximum Gasteiger partial charge on any atom is 0.127 e. The van der Waals surface area contributed by atoms with Crippen LogP contribution in [0.25, 0.3) is 32.7 Å². The summed E-state index contributed by atoms with van der Waals surface area (Å²) in [5.41, 5.74) is 4.53. The number of ether oxygens (including phenoxy) is 2. The van der Waals surface area contributed by atoms with Crippen molar-refractivity contribution in [3.05, 3.63) is 97.1 Å². The van der Waals surface area contributed by atoms with E-state index >= 15 is 0 Å². The fourth-order valence-corrected chi connectivity index (χ4v) is 4.24. The van der Waals surface area contributed by atoms with Crippen LogP contribution in [0.1, 0.15) is 37.8 Å². The molecule has 0 N–H and O–H groups in total. The van der Waals surface area contributed by atoms with E-state index < -0.39 is 0 Å². The Morgan fingerprint density at radius 1 is 0.688 bits per heavy atom. The molecule has 0 radical (unpaired) electrons. The van der Waals surface area contributed by atoms with Crippen LogP contribution in [-0.4, -0.2) is 13.2 Å². The maximum absolute atomic E-state index is 6.19. The molecule has 0 aliphatic heterocycles. The first-order valence-corrected chi connectivity index (χ1v) is 11.2. The van der Waals surface area contributed by atoms with Crippen molar-refractivity contribution in [2.75, 3.05) is 13.2 Å². The highest BCUT2D eigenvalue weighted by Gasteiger charge is 2.10. The topological polar surface area (TPSA) is 18.5 Å². The summed E-state index contributed by atoms with van der Waals surface area (Å²) in [4.78, 5) is 0. The molecule has 0 amide bonds. The highest BCUT2D eigenvalue weighted by Crippen LogP contribution is 2.33. The molecule has 0 saturated carbocycles. The number of benzene rings is 4. The Labute approximate surface area is 190 Å². The smallest absolute Gasteiger partial charge is 0.127 e. The van der Waals surface area contributed by atoms with E-state index in [1.807, 2.05) is 26.0 Å². The Hall–Kier alpha value is -3.52. The van der Waals surface area contributed by atoms with Crippen LogP contribution in [0, 0.1) is 0 Å². The van der Waals surface area contributed by atoms with E-state index in [9.17, 15) is 0 Å². The first-order valence-electron chi connectivity index (χ1n) is 11.2. The fourth-order valence-electron chi connectivity index (χ4n) is 4.24. The lowest BCUT2D eigenvalue weighted by Crippen LogP contribution is -1.99. The molecule has 4 aromatic carbocycles. The van der Waals surface area contributed by atoms with Gasteiger partial charge in [0.2, 0.25) is 0 Å². The Morgan fingerprint density at radius 2 is 1.31 bits per heavy atom. The van der Waals surface area contributed by atoms with Crippen molar-refractivity contribution in [1.29, 1.82) is 0 Å². The van der Waals surface area contributed by atoms with Crippen molar-refractivity contribution in [2.24, 2.45) is 0 Å². The minimum atomic E-state index is 0.643. The second kappa shape index (κ2) is 9.74. The summed E-state index contributed by atoms with van der Waals surface area (Å²) in [6, 6.07) is 25.1. The Balaban J connectivity index is 1.45. The van der Waals surface area contributed by atoms with Gasteiger partial charge in [-0.1, -0.05) is 79.4 Å². The summed E-state index contributed by atoms with van der Waals surface area (Å²) in [6.45, 7) is 13.8. The lowest BCUT2D eigenvalue weighted by Gasteiger charge is -2.14. The van der Waals surface area contributed by atoms with Crippen molar-refractivity contribution in [3.8, 4) is 11.5 Å². The highest BCUT2D eigenvalue weighted by atomic mass is 16.5. The summed E-state index contributed by atoms with van der Waals surface area (Å²) in [5, 5.41) is 4.63. The third-order valence-electron chi connectivity index (χ3n) is 5.79. The minimum absolute atomic E-state index is 0.643. The predicted octanol–water partition coefficient (Wildman–Crippen LogP) is 8.30. The van der Waals surface area contributed by atoms with Gasteiger partial charge in [-0.3, -0.25) is 0 Å². The quantitative estimate of drug-likeness (QED) is 0.253. The summed E-state index contributed by atoms with van der Waals surface area (Å²) >= 11 is 0. The van der Waals surface area contributed by atoms with Gasteiger partial charge in [0.05, 0.1) is 13.2 Å². The Morgan fingerprint density at radius 3 is 2.06 bits per heavy atom. The number of hydrogen-bond acceptors (Lipinski definition) is 2. The number of hydrogen-bond donors (Lipinski definition) is 0.